The van der Waals surface area contributed by atoms with Crippen molar-refractivity contribution in [1.29, 1.82) is 0 Å². The van der Waals surface area contributed by atoms with Gasteiger partial charge in [-0.15, -0.1) is 17.0 Å². The molecular formula is C10H25BrMgOSi. The molecule has 0 aromatic heterocycles. The van der Waals surface area contributed by atoms with Crippen molar-refractivity contribution in [2.45, 2.75) is 45.3 Å². The van der Waals surface area contributed by atoms with Crippen LogP contribution in [-0.4, -0.2) is 38.0 Å². The molecule has 0 aliphatic carbocycles. The molecule has 0 fully saturated rings. The first-order valence-corrected chi connectivity index (χ1v) is 7.15. The fourth-order valence-electron chi connectivity index (χ4n) is 0.544. The first-order chi connectivity index (χ1) is 4.81. The van der Waals surface area contributed by atoms with Crippen molar-refractivity contribution >= 4 is 48.4 Å². The number of hydrogen-bond donors (Lipinski definition) is 0. The van der Waals surface area contributed by atoms with Crippen LogP contribution in [0.1, 0.15) is 27.2 Å². The minimum Gasteiger partial charge on any atom is -0.419 e. The van der Waals surface area contributed by atoms with Crippen LogP contribution in [0.15, 0.2) is 0 Å². The second-order valence-electron chi connectivity index (χ2n) is 4.46. The average molecular weight is 294 g/mol. The summed E-state index contributed by atoms with van der Waals surface area (Å²) >= 11 is 0. The van der Waals surface area contributed by atoms with E-state index in [1.807, 2.05) is 0 Å². The van der Waals surface area contributed by atoms with E-state index in [2.05, 4.69) is 40.8 Å². The molecule has 0 radical (unpaired) electrons. The van der Waals surface area contributed by atoms with Crippen LogP contribution < -0.4 is 0 Å². The predicted octanol–water partition coefficient (Wildman–Crippen LogP) is 3.88. The monoisotopic (exact) mass is 292 g/mol. The van der Waals surface area contributed by atoms with E-state index in [9.17, 15) is 0 Å². The Morgan fingerprint density at radius 3 is 1.79 bits per heavy atom. The maximum absolute atomic E-state index is 5.82. The molecule has 0 aliphatic heterocycles. The summed E-state index contributed by atoms with van der Waals surface area (Å²) < 4.78 is 5.82. The van der Waals surface area contributed by atoms with E-state index in [0.717, 1.165) is 13.0 Å². The van der Waals surface area contributed by atoms with Gasteiger partial charge in [0.05, 0.1) is 0 Å². The molecule has 0 bridgehead atoms. The van der Waals surface area contributed by atoms with Gasteiger partial charge in [-0.1, -0.05) is 20.8 Å². The normalized spacial score (nSPS) is 10.7. The fraction of sp³-hybridized carbons (Fsp3) is 0.800. The summed E-state index contributed by atoms with van der Waals surface area (Å²) in [5, 5.41) is 0.335. The zero-order valence-corrected chi connectivity index (χ0v) is 14.8. The van der Waals surface area contributed by atoms with Crippen LogP contribution in [0.3, 0.4) is 0 Å². The Labute approximate surface area is 118 Å². The van der Waals surface area contributed by atoms with Gasteiger partial charge in [0.2, 0.25) is 0 Å². The van der Waals surface area contributed by atoms with Crippen molar-refractivity contribution in [1.82, 2.24) is 0 Å². The van der Waals surface area contributed by atoms with Gasteiger partial charge in [0.15, 0.2) is 8.32 Å². The molecule has 0 heterocycles. The largest absolute Gasteiger partial charge is 2.00 e. The van der Waals surface area contributed by atoms with Crippen molar-refractivity contribution in [2.24, 2.45) is 0 Å². The van der Waals surface area contributed by atoms with E-state index >= 15 is 0 Å². The van der Waals surface area contributed by atoms with Gasteiger partial charge in [0.25, 0.3) is 0 Å². The van der Waals surface area contributed by atoms with Gasteiger partial charge in [-0.25, -0.2) is 0 Å². The molecule has 1 nitrogen and oxygen atoms in total. The summed E-state index contributed by atoms with van der Waals surface area (Å²) in [6.07, 6.45) is 0.881. The third-order valence-corrected chi connectivity index (χ3v) is 6.95. The van der Waals surface area contributed by atoms with Gasteiger partial charge in [0.1, 0.15) is 0 Å². The predicted molar refractivity (Wildman–Crippen MR) is 75.6 cm³/mol. The second-order valence-corrected chi connectivity index (χ2v) is 9.27. The summed E-state index contributed by atoms with van der Waals surface area (Å²) in [6, 6.07) is 0. The van der Waals surface area contributed by atoms with Gasteiger partial charge in [-0.2, -0.15) is 6.42 Å². The van der Waals surface area contributed by atoms with Crippen LogP contribution in [0.2, 0.25) is 18.1 Å². The SMILES string of the molecule is Br.[CH2-]CCO[Si](C)(C)C(C)(C)C.[CH3-].[Mg+2]. The Hall–Kier alpha value is 1.42. The minimum atomic E-state index is -1.47. The molecular weight excluding hydrogens is 268 g/mol. The smallest absolute Gasteiger partial charge is 0.419 e. The Balaban J connectivity index is -0.000000167. The van der Waals surface area contributed by atoms with Crippen molar-refractivity contribution in [2.75, 3.05) is 6.61 Å². The topological polar surface area (TPSA) is 9.23 Å². The zero-order valence-electron chi connectivity index (χ0n) is 10.6. The van der Waals surface area contributed by atoms with Crippen LogP contribution in [0.5, 0.6) is 0 Å². The van der Waals surface area contributed by atoms with Gasteiger partial charge in [0, 0.05) is 6.61 Å². The number of hydrogen-bond acceptors (Lipinski definition) is 1. The third-order valence-electron chi connectivity index (χ3n) is 2.41. The van der Waals surface area contributed by atoms with E-state index in [4.69, 9.17) is 4.43 Å². The Morgan fingerprint density at radius 1 is 1.21 bits per heavy atom. The summed E-state index contributed by atoms with van der Waals surface area (Å²) in [5.41, 5.74) is 0. The quantitative estimate of drug-likeness (QED) is 0.567. The van der Waals surface area contributed by atoms with E-state index in [0.29, 0.717) is 5.04 Å². The average Bonchev–Trinajstić information content (AvgIpc) is 1.81. The number of halogens is 1. The molecule has 0 amide bonds. The van der Waals surface area contributed by atoms with Crippen LogP contribution in [0.4, 0.5) is 0 Å². The minimum absolute atomic E-state index is 0. The molecule has 0 aromatic carbocycles. The molecule has 0 rings (SSSR count). The number of rotatable bonds is 3. The summed E-state index contributed by atoms with van der Waals surface area (Å²) in [7, 11) is -1.47. The second kappa shape index (κ2) is 9.64. The summed E-state index contributed by atoms with van der Waals surface area (Å²) in [5.74, 6) is 0. The molecule has 0 saturated heterocycles. The van der Waals surface area contributed by atoms with E-state index in [-0.39, 0.29) is 47.5 Å². The first kappa shape index (κ1) is 24.6. The van der Waals surface area contributed by atoms with Gasteiger partial charge in [-0.3, -0.25) is 0 Å². The van der Waals surface area contributed by atoms with E-state index < -0.39 is 8.32 Å². The van der Waals surface area contributed by atoms with E-state index in [1.165, 1.54) is 0 Å². The fourth-order valence-corrected chi connectivity index (χ4v) is 1.63. The standard InChI is InChI=1S/C9H21OSi.CH3.BrH.Mg/c1-7-8-10-11(5,6)9(2,3)4;;;/h1,7-8H2,2-6H3;1H3;1H;/q2*-1;;+2. The Bertz CT molecular complexity index is 124. The Morgan fingerprint density at radius 2 is 1.57 bits per heavy atom. The molecule has 0 N–H and O–H groups in total. The zero-order chi connectivity index (χ0) is 9.12. The molecule has 84 valence electrons. The maximum Gasteiger partial charge on any atom is 2.00 e. The molecule has 0 spiro atoms. The van der Waals surface area contributed by atoms with Crippen molar-refractivity contribution in [3.05, 3.63) is 14.4 Å². The molecule has 0 atom stereocenters. The van der Waals surface area contributed by atoms with Crippen molar-refractivity contribution in [3.8, 4) is 0 Å². The molecule has 0 aliphatic rings. The molecule has 0 aromatic rings. The Kier molecular flexibility index (Phi) is 16.9. The molecule has 14 heavy (non-hydrogen) atoms. The van der Waals surface area contributed by atoms with Crippen molar-refractivity contribution < 1.29 is 4.43 Å². The molecule has 0 saturated carbocycles. The van der Waals surface area contributed by atoms with E-state index in [1.54, 1.807) is 0 Å². The van der Waals surface area contributed by atoms with Crippen molar-refractivity contribution in [3.63, 3.8) is 0 Å². The van der Waals surface area contributed by atoms with Crippen LogP contribution >= 0.6 is 17.0 Å². The van der Waals surface area contributed by atoms with Crippen LogP contribution in [0, 0.1) is 14.4 Å². The van der Waals surface area contributed by atoms with Crippen LogP contribution in [0.25, 0.3) is 0 Å². The third kappa shape index (κ3) is 8.71. The molecule has 4 heteroatoms. The first-order valence-electron chi connectivity index (χ1n) is 4.24. The van der Waals surface area contributed by atoms with Gasteiger partial charge < -0.3 is 18.8 Å². The van der Waals surface area contributed by atoms with Crippen LogP contribution in [-0.2, 0) is 4.43 Å². The van der Waals surface area contributed by atoms with Gasteiger partial charge >= 0.3 is 23.1 Å². The molecule has 0 unspecified atom stereocenters. The maximum atomic E-state index is 5.82. The summed E-state index contributed by atoms with van der Waals surface area (Å²) in [6.45, 7) is 15.9. The van der Waals surface area contributed by atoms with Gasteiger partial charge in [-0.05, 0) is 18.1 Å². The summed E-state index contributed by atoms with van der Waals surface area (Å²) in [4.78, 5) is 0.